The average Bonchev–Trinajstić information content (AvgIpc) is 2.38. The number of ether oxygens (including phenoxy) is 1. The van der Waals surface area contributed by atoms with Crippen LogP contribution in [0.1, 0.15) is 21.5 Å². The molecule has 2 aromatic rings. The van der Waals surface area contributed by atoms with Gasteiger partial charge in [-0.1, -0.05) is 41.4 Å². The predicted octanol–water partition coefficient (Wildman–Crippen LogP) is 4.58. The standard InChI is InChI=1S/C15H12Cl2O3/c1-9-3-2-4-12(15(18)19)14(9)20-8-10-5-6-11(16)7-13(10)17/h2-7H,8H2,1H3,(H,18,19). The van der Waals surface area contributed by atoms with Crippen molar-refractivity contribution in [1.82, 2.24) is 0 Å². The molecule has 104 valence electrons. The number of halogens is 2. The predicted molar refractivity (Wildman–Crippen MR) is 78.9 cm³/mol. The third-order valence-electron chi connectivity index (χ3n) is 2.83. The van der Waals surface area contributed by atoms with Crippen LogP contribution in [0.4, 0.5) is 0 Å². The van der Waals surface area contributed by atoms with Gasteiger partial charge in [-0.3, -0.25) is 0 Å². The fraction of sp³-hybridized carbons (Fsp3) is 0.133. The van der Waals surface area contributed by atoms with E-state index >= 15 is 0 Å². The summed E-state index contributed by atoms with van der Waals surface area (Å²) in [7, 11) is 0. The molecule has 2 rings (SSSR count). The van der Waals surface area contributed by atoms with Crippen LogP contribution in [0.15, 0.2) is 36.4 Å². The number of carbonyl (C=O) groups is 1. The summed E-state index contributed by atoms with van der Waals surface area (Å²) in [5.74, 6) is -0.670. The van der Waals surface area contributed by atoms with Crippen molar-refractivity contribution in [1.29, 1.82) is 0 Å². The molecule has 0 amide bonds. The second-order valence-corrected chi connectivity index (χ2v) is 5.12. The zero-order valence-corrected chi connectivity index (χ0v) is 12.2. The van der Waals surface area contributed by atoms with Crippen molar-refractivity contribution in [3.05, 3.63) is 63.1 Å². The molecule has 0 saturated heterocycles. The highest BCUT2D eigenvalue weighted by Crippen LogP contribution is 2.27. The highest BCUT2D eigenvalue weighted by Gasteiger charge is 2.14. The van der Waals surface area contributed by atoms with E-state index in [-0.39, 0.29) is 12.2 Å². The first-order valence-corrected chi connectivity index (χ1v) is 6.64. The summed E-state index contributed by atoms with van der Waals surface area (Å²) >= 11 is 11.9. The largest absolute Gasteiger partial charge is 0.488 e. The molecule has 0 unspecified atom stereocenters. The Labute approximate surface area is 126 Å². The molecule has 0 fully saturated rings. The molecule has 0 heterocycles. The Hall–Kier alpha value is -1.71. The van der Waals surface area contributed by atoms with Crippen LogP contribution in [0.5, 0.6) is 5.75 Å². The SMILES string of the molecule is Cc1cccc(C(=O)O)c1OCc1ccc(Cl)cc1Cl. The number of aromatic carboxylic acids is 1. The van der Waals surface area contributed by atoms with E-state index in [0.717, 1.165) is 11.1 Å². The van der Waals surface area contributed by atoms with Gasteiger partial charge < -0.3 is 9.84 Å². The van der Waals surface area contributed by atoms with Crippen LogP contribution >= 0.6 is 23.2 Å². The molecule has 0 saturated carbocycles. The molecule has 5 heteroatoms. The summed E-state index contributed by atoms with van der Waals surface area (Å²) in [4.78, 5) is 11.2. The van der Waals surface area contributed by atoms with Gasteiger partial charge in [0.1, 0.15) is 17.9 Å². The van der Waals surface area contributed by atoms with Crippen molar-refractivity contribution in [3.8, 4) is 5.75 Å². The van der Waals surface area contributed by atoms with E-state index < -0.39 is 5.97 Å². The number of carboxylic acids is 1. The number of aryl methyl sites for hydroxylation is 1. The summed E-state index contributed by atoms with van der Waals surface area (Å²) in [6.45, 7) is 1.98. The van der Waals surface area contributed by atoms with Gasteiger partial charge in [-0.15, -0.1) is 0 Å². The highest BCUT2D eigenvalue weighted by molar-refractivity contribution is 6.35. The minimum absolute atomic E-state index is 0.134. The molecule has 0 atom stereocenters. The lowest BCUT2D eigenvalue weighted by molar-refractivity contribution is 0.0691. The van der Waals surface area contributed by atoms with Crippen LogP contribution in [0, 0.1) is 6.92 Å². The molecule has 0 aliphatic rings. The van der Waals surface area contributed by atoms with Crippen molar-refractivity contribution < 1.29 is 14.6 Å². The zero-order valence-electron chi connectivity index (χ0n) is 10.7. The topological polar surface area (TPSA) is 46.5 Å². The van der Waals surface area contributed by atoms with E-state index in [1.165, 1.54) is 6.07 Å². The van der Waals surface area contributed by atoms with Crippen LogP contribution in [0.3, 0.4) is 0 Å². The van der Waals surface area contributed by atoms with Crippen molar-refractivity contribution in [2.75, 3.05) is 0 Å². The second kappa shape index (κ2) is 6.16. The van der Waals surface area contributed by atoms with Gasteiger partial charge in [0.05, 0.1) is 0 Å². The van der Waals surface area contributed by atoms with Crippen LogP contribution in [0.2, 0.25) is 10.0 Å². The maximum atomic E-state index is 11.2. The van der Waals surface area contributed by atoms with Gasteiger partial charge in [-0.25, -0.2) is 4.79 Å². The Bertz CT molecular complexity index is 654. The first-order chi connectivity index (χ1) is 9.49. The molecule has 1 N–H and O–H groups in total. The summed E-state index contributed by atoms with van der Waals surface area (Å²) in [5, 5.41) is 10.2. The average molecular weight is 311 g/mol. The monoisotopic (exact) mass is 310 g/mol. The van der Waals surface area contributed by atoms with Gasteiger partial charge >= 0.3 is 5.97 Å². The third kappa shape index (κ3) is 3.24. The smallest absolute Gasteiger partial charge is 0.339 e. The van der Waals surface area contributed by atoms with E-state index in [1.807, 2.05) is 0 Å². The number of rotatable bonds is 4. The van der Waals surface area contributed by atoms with Crippen LogP contribution < -0.4 is 4.74 Å². The molecule has 0 spiro atoms. The fourth-order valence-electron chi connectivity index (χ4n) is 1.80. The number of para-hydroxylation sites is 1. The lowest BCUT2D eigenvalue weighted by Gasteiger charge is -2.12. The summed E-state index contributed by atoms with van der Waals surface area (Å²) in [6, 6.07) is 10.1. The van der Waals surface area contributed by atoms with Crippen molar-refractivity contribution >= 4 is 29.2 Å². The van der Waals surface area contributed by atoms with Gasteiger partial charge in [-0.05, 0) is 30.7 Å². The van der Waals surface area contributed by atoms with E-state index in [2.05, 4.69) is 0 Å². The normalized spacial score (nSPS) is 10.3. The van der Waals surface area contributed by atoms with E-state index in [1.54, 1.807) is 37.3 Å². The van der Waals surface area contributed by atoms with E-state index in [4.69, 9.17) is 33.0 Å². The summed E-state index contributed by atoms with van der Waals surface area (Å²) < 4.78 is 5.63. The van der Waals surface area contributed by atoms with Gasteiger partial charge in [0.2, 0.25) is 0 Å². The number of carboxylic acid groups (broad SMARTS) is 1. The number of hydrogen-bond donors (Lipinski definition) is 1. The first kappa shape index (κ1) is 14.7. The molecule has 0 aliphatic heterocycles. The Morgan fingerprint density at radius 3 is 2.65 bits per heavy atom. The first-order valence-electron chi connectivity index (χ1n) is 5.88. The lowest BCUT2D eigenvalue weighted by atomic mass is 10.1. The maximum absolute atomic E-state index is 11.2. The minimum Gasteiger partial charge on any atom is -0.488 e. The van der Waals surface area contributed by atoms with Crippen LogP contribution in [0.25, 0.3) is 0 Å². The third-order valence-corrected chi connectivity index (χ3v) is 3.42. The van der Waals surface area contributed by atoms with E-state index in [0.29, 0.717) is 15.8 Å². The summed E-state index contributed by atoms with van der Waals surface area (Å²) in [6.07, 6.45) is 0. The van der Waals surface area contributed by atoms with Gasteiger partial charge in [0, 0.05) is 15.6 Å². The Morgan fingerprint density at radius 1 is 1.25 bits per heavy atom. The molecule has 2 aromatic carbocycles. The molecule has 0 aliphatic carbocycles. The second-order valence-electron chi connectivity index (χ2n) is 4.28. The Kier molecular flexibility index (Phi) is 4.53. The molecule has 0 aromatic heterocycles. The van der Waals surface area contributed by atoms with Gasteiger partial charge in [0.15, 0.2) is 0 Å². The lowest BCUT2D eigenvalue weighted by Crippen LogP contribution is -2.05. The van der Waals surface area contributed by atoms with Crippen LogP contribution in [-0.4, -0.2) is 11.1 Å². The molecular formula is C15H12Cl2O3. The quantitative estimate of drug-likeness (QED) is 0.899. The molecular weight excluding hydrogens is 299 g/mol. The minimum atomic E-state index is -1.02. The number of benzene rings is 2. The maximum Gasteiger partial charge on any atom is 0.339 e. The van der Waals surface area contributed by atoms with Crippen molar-refractivity contribution in [2.24, 2.45) is 0 Å². The molecule has 3 nitrogen and oxygen atoms in total. The van der Waals surface area contributed by atoms with Gasteiger partial charge in [0.25, 0.3) is 0 Å². The summed E-state index contributed by atoms with van der Waals surface area (Å²) in [5.41, 5.74) is 1.64. The fourth-order valence-corrected chi connectivity index (χ4v) is 2.26. The Morgan fingerprint density at radius 2 is 2.00 bits per heavy atom. The number of hydrogen-bond acceptors (Lipinski definition) is 2. The van der Waals surface area contributed by atoms with Crippen molar-refractivity contribution in [3.63, 3.8) is 0 Å². The zero-order chi connectivity index (χ0) is 14.7. The Balaban J connectivity index is 2.25. The molecule has 0 bridgehead atoms. The van der Waals surface area contributed by atoms with Crippen molar-refractivity contribution in [2.45, 2.75) is 13.5 Å². The van der Waals surface area contributed by atoms with E-state index in [9.17, 15) is 4.79 Å². The molecule has 20 heavy (non-hydrogen) atoms. The highest BCUT2D eigenvalue weighted by atomic mass is 35.5. The van der Waals surface area contributed by atoms with Crippen LogP contribution in [-0.2, 0) is 6.61 Å². The molecule has 0 radical (unpaired) electrons. The van der Waals surface area contributed by atoms with Gasteiger partial charge in [-0.2, -0.15) is 0 Å².